The van der Waals surface area contributed by atoms with E-state index in [9.17, 15) is 9.59 Å². The highest BCUT2D eigenvalue weighted by Crippen LogP contribution is 2.09. The maximum atomic E-state index is 12.4. The summed E-state index contributed by atoms with van der Waals surface area (Å²) in [4.78, 5) is 25.7. The van der Waals surface area contributed by atoms with Crippen LogP contribution in [0, 0.1) is 11.3 Å². The van der Waals surface area contributed by atoms with E-state index in [-0.39, 0.29) is 31.0 Å². The van der Waals surface area contributed by atoms with Gasteiger partial charge in [0.2, 0.25) is 5.91 Å². The van der Waals surface area contributed by atoms with Gasteiger partial charge in [-0.3, -0.25) is 9.59 Å². The normalized spacial score (nSPS) is 10.2. The summed E-state index contributed by atoms with van der Waals surface area (Å²) in [5.74, 6) is 0.389. The van der Waals surface area contributed by atoms with E-state index in [1.807, 2.05) is 6.07 Å². The van der Waals surface area contributed by atoms with E-state index >= 15 is 0 Å². The Hall–Kier alpha value is -2.33. The van der Waals surface area contributed by atoms with Gasteiger partial charge in [0.15, 0.2) is 0 Å². The van der Waals surface area contributed by atoms with Crippen molar-refractivity contribution in [1.82, 2.24) is 9.47 Å². The lowest BCUT2D eigenvalue weighted by Gasteiger charge is -2.21. The van der Waals surface area contributed by atoms with Crippen LogP contribution in [0.3, 0.4) is 0 Å². The van der Waals surface area contributed by atoms with Gasteiger partial charge in [0, 0.05) is 23.3 Å². The number of hydrogen-bond acceptors (Lipinski definition) is 4. The highest BCUT2D eigenvalue weighted by molar-refractivity contribution is 9.10. The Balaban J connectivity index is 2.12. The van der Waals surface area contributed by atoms with Crippen LogP contribution in [0.15, 0.2) is 50.4 Å². The van der Waals surface area contributed by atoms with Crippen molar-refractivity contribution in [3.63, 3.8) is 0 Å². The number of amides is 1. The van der Waals surface area contributed by atoms with Crippen molar-refractivity contribution >= 4 is 21.8 Å². The first-order valence-corrected chi connectivity index (χ1v) is 7.42. The molecule has 0 aliphatic rings. The summed E-state index contributed by atoms with van der Waals surface area (Å²) in [6.07, 6.45) is 3.32. The molecule has 2 aromatic heterocycles. The van der Waals surface area contributed by atoms with Gasteiger partial charge in [-0.2, -0.15) is 5.26 Å². The molecule has 7 heteroatoms. The third-order valence-corrected chi connectivity index (χ3v) is 3.50. The van der Waals surface area contributed by atoms with Crippen molar-refractivity contribution in [2.24, 2.45) is 0 Å². The number of furan rings is 1. The molecule has 1 amide bonds. The van der Waals surface area contributed by atoms with E-state index in [1.54, 1.807) is 24.4 Å². The molecule has 2 heterocycles. The Morgan fingerprint density at radius 3 is 2.91 bits per heavy atom. The molecular formula is C15H14BrN3O3. The molecule has 0 saturated heterocycles. The van der Waals surface area contributed by atoms with E-state index in [1.165, 1.54) is 21.8 Å². The van der Waals surface area contributed by atoms with E-state index < -0.39 is 0 Å². The van der Waals surface area contributed by atoms with Crippen LogP contribution in [0.1, 0.15) is 12.2 Å². The zero-order chi connectivity index (χ0) is 15.9. The van der Waals surface area contributed by atoms with Crippen LogP contribution in [-0.2, 0) is 17.9 Å². The molecule has 0 aromatic carbocycles. The molecule has 6 nitrogen and oxygen atoms in total. The Kier molecular flexibility index (Phi) is 5.55. The molecule has 114 valence electrons. The average Bonchev–Trinajstić information content (AvgIpc) is 3.00. The molecule has 0 aliphatic carbocycles. The number of nitriles is 1. The number of aromatic nitrogens is 1. The first-order chi connectivity index (χ1) is 10.6. The van der Waals surface area contributed by atoms with Gasteiger partial charge in [-0.15, -0.1) is 0 Å². The van der Waals surface area contributed by atoms with Gasteiger partial charge in [-0.05, 0) is 34.1 Å². The Labute approximate surface area is 135 Å². The molecule has 0 aliphatic heterocycles. The maximum absolute atomic E-state index is 12.4. The van der Waals surface area contributed by atoms with Crippen LogP contribution < -0.4 is 5.56 Å². The number of hydrogen-bond donors (Lipinski definition) is 0. The highest BCUT2D eigenvalue weighted by atomic mass is 79.9. The van der Waals surface area contributed by atoms with E-state index in [4.69, 9.17) is 9.68 Å². The van der Waals surface area contributed by atoms with Crippen molar-refractivity contribution in [2.45, 2.75) is 19.5 Å². The summed E-state index contributed by atoms with van der Waals surface area (Å²) in [6, 6.07) is 8.53. The predicted molar refractivity (Wildman–Crippen MR) is 82.8 cm³/mol. The number of carbonyl (C=O) groups is 1. The summed E-state index contributed by atoms with van der Waals surface area (Å²) >= 11 is 3.27. The maximum Gasteiger partial charge on any atom is 0.251 e. The van der Waals surface area contributed by atoms with Gasteiger partial charge in [-0.1, -0.05) is 0 Å². The van der Waals surface area contributed by atoms with Crippen LogP contribution in [0.4, 0.5) is 0 Å². The Morgan fingerprint density at radius 2 is 2.23 bits per heavy atom. The van der Waals surface area contributed by atoms with Crippen LogP contribution in [0.5, 0.6) is 0 Å². The number of rotatable bonds is 6. The number of nitrogens with zero attached hydrogens (tertiary/aromatic N) is 3. The molecule has 0 saturated carbocycles. The van der Waals surface area contributed by atoms with Crippen LogP contribution >= 0.6 is 15.9 Å². The molecule has 0 N–H and O–H groups in total. The van der Waals surface area contributed by atoms with Gasteiger partial charge < -0.3 is 13.9 Å². The second-order valence-electron chi connectivity index (χ2n) is 4.62. The van der Waals surface area contributed by atoms with Crippen molar-refractivity contribution in [1.29, 1.82) is 5.26 Å². The molecule has 2 rings (SSSR count). The molecular weight excluding hydrogens is 350 g/mol. The fraction of sp³-hybridized carbons (Fsp3) is 0.267. The molecule has 0 radical (unpaired) electrons. The third kappa shape index (κ3) is 4.33. The topological polar surface area (TPSA) is 79.2 Å². The molecule has 0 spiro atoms. The van der Waals surface area contributed by atoms with Crippen LogP contribution in [0.25, 0.3) is 0 Å². The number of halogens is 1. The first kappa shape index (κ1) is 16.0. The van der Waals surface area contributed by atoms with E-state index in [0.29, 0.717) is 12.3 Å². The minimum absolute atomic E-state index is 0.0790. The minimum Gasteiger partial charge on any atom is -0.467 e. The van der Waals surface area contributed by atoms with Gasteiger partial charge in [0.1, 0.15) is 12.3 Å². The molecule has 2 aromatic rings. The molecule has 0 unspecified atom stereocenters. The number of pyridine rings is 1. The second-order valence-corrected chi connectivity index (χ2v) is 5.53. The lowest BCUT2D eigenvalue weighted by Crippen LogP contribution is -2.36. The zero-order valence-electron chi connectivity index (χ0n) is 11.7. The monoisotopic (exact) mass is 363 g/mol. The van der Waals surface area contributed by atoms with E-state index in [2.05, 4.69) is 15.9 Å². The first-order valence-electron chi connectivity index (χ1n) is 6.63. The lowest BCUT2D eigenvalue weighted by molar-refractivity contribution is -0.132. The Morgan fingerprint density at radius 1 is 1.41 bits per heavy atom. The molecule has 0 atom stereocenters. The van der Waals surface area contributed by atoms with Crippen LogP contribution in [-0.4, -0.2) is 21.9 Å². The SMILES string of the molecule is N#CCCN(Cc1ccco1)C(=O)Cn1cc(Br)ccc1=O. The summed E-state index contributed by atoms with van der Waals surface area (Å²) in [6.45, 7) is 0.486. The van der Waals surface area contributed by atoms with E-state index in [0.717, 1.165) is 4.47 Å². The summed E-state index contributed by atoms with van der Waals surface area (Å²) < 4.78 is 7.28. The lowest BCUT2D eigenvalue weighted by atomic mass is 10.3. The van der Waals surface area contributed by atoms with Gasteiger partial charge in [0.25, 0.3) is 5.56 Å². The van der Waals surface area contributed by atoms with Crippen molar-refractivity contribution in [3.05, 3.63) is 57.3 Å². The molecule has 0 bridgehead atoms. The summed E-state index contributed by atoms with van der Waals surface area (Å²) in [5.41, 5.74) is -0.255. The van der Waals surface area contributed by atoms with Crippen molar-refractivity contribution < 1.29 is 9.21 Å². The van der Waals surface area contributed by atoms with Gasteiger partial charge >= 0.3 is 0 Å². The Bertz CT molecular complexity index is 731. The summed E-state index contributed by atoms with van der Waals surface area (Å²) in [5, 5.41) is 8.72. The van der Waals surface area contributed by atoms with Gasteiger partial charge in [-0.25, -0.2) is 0 Å². The fourth-order valence-corrected chi connectivity index (χ4v) is 2.32. The predicted octanol–water partition coefficient (Wildman–Crippen LogP) is 2.15. The largest absolute Gasteiger partial charge is 0.467 e. The quantitative estimate of drug-likeness (QED) is 0.787. The third-order valence-electron chi connectivity index (χ3n) is 3.03. The average molecular weight is 364 g/mol. The van der Waals surface area contributed by atoms with Crippen LogP contribution in [0.2, 0.25) is 0 Å². The van der Waals surface area contributed by atoms with Gasteiger partial charge in [0.05, 0.1) is 25.3 Å². The highest BCUT2D eigenvalue weighted by Gasteiger charge is 2.16. The van der Waals surface area contributed by atoms with Crippen molar-refractivity contribution in [3.8, 4) is 6.07 Å². The minimum atomic E-state index is -0.255. The fourth-order valence-electron chi connectivity index (χ4n) is 1.94. The molecule has 22 heavy (non-hydrogen) atoms. The summed E-state index contributed by atoms with van der Waals surface area (Å²) in [7, 11) is 0. The smallest absolute Gasteiger partial charge is 0.251 e. The van der Waals surface area contributed by atoms with Crippen molar-refractivity contribution in [2.75, 3.05) is 6.54 Å². The second kappa shape index (κ2) is 7.61. The number of carbonyl (C=O) groups excluding carboxylic acids is 1. The standard InChI is InChI=1S/C15H14BrN3O3/c16-12-4-5-14(20)19(9-12)11-15(21)18(7-2-6-17)10-13-3-1-8-22-13/h1,3-5,8-9H,2,7,10-11H2. The molecule has 0 fully saturated rings. The zero-order valence-corrected chi connectivity index (χ0v) is 13.3.